The van der Waals surface area contributed by atoms with Gasteiger partial charge in [-0.05, 0) is 17.5 Å². The van der Waals surface area contributed by atoms with E-state index < -0.39 is 16.1 Å². The summed E-state index contributed by atoms with van der Waals surface area (Å²) in [5.74, 6) is -0.511. The minimum atomic E-state index is -4.03. The quantitative estimate of drug-likeness (QED) is 0.492. The predicted molar refractivity (Wildman–Crippen MR) is 141 cm³/mol. The third kappa shape index (κ3) is 7.06. The van der Waals surface area contributed by atoms with Gasteiger partial charge in [0.2, 0.25) is 11.8 Å². The van der Waals surface area contributed by atoms with E-state index >= 15 is 0 Å². The van der Waals surface area contributed by atoms with Crippen molar-refractivity contribution in [2.45, 2.75) is 30.5 Å². The number of sulfonamides is 1. The summed E-state index contributed by atoms with van der Waals surface area (Å²) in [5, 5.41) is 2.76. The number of nitrogens with zero attached hydrogens (tertiary/aromatic N) is 4. The Bertz CT molecular complexity index is 1310. The molecule has 0 aliphatic carbocycles. The number of carbonyl (C=O) groups is 2. The van der Waals surface area contributed by atoms with Crippen LogP contribution in [0.25, 0.3) is 0 Å². The van der Waals surface area contributed by atoms with Gasteiger partial charge < -0.3 is 19.5 Å². The highest BCUT2D eigenvalue weighted by atomic mass is 32.2. The van der Waals surface area contributed by atoms with Crippen LogP contribution in [0, 0.1) is 0 Å². The third-order valence-electron chi connectivity index (χ3n) is 6.37. The summed E-state index contributed by atoms with van der Waals surface area (Å²) in [6.45, 7) is 1.21. The van der Waals surface area contributed by atoms with Gasteiger partial charge >= 0.3 is 0 Å². The molecular formula is C27H33N5O5S. The molecule has 11 heteroatoms. The molecule has 3 aromatic rings. The van der Waals surface area contributed by atoms with E-state index in [4.69, 9.17) is 4.74 Å². The first-order valence-electron chi connectivity index (χ1n) is 12.6. The van der Waals surface area contributed by atoms with E-state index in [0.29, 0.717) is 31.7 Å². The largest absolute Gasteiger partial charge is 0.367 e. The van der Waals surface area contributed by atoms with Crippen LogP contribution in [-0.2, 0) is 38.0 Å². The summed E-state index contributed by atoms with van der Waals surface area (Å²) < 4.78 is 36.0. The molecule has 0 spiro atoms. The van der Waals surface area contributed by atoms with Crippen LogP contribution in [0.2, 0.25) is 0 Å². The smallest absolute Gasteiger partial charge is 0.262 e. The van der Waals surface area contributed by atoms with Crippen LogP contribution in [0.4, 0.5) is 0 Å². The third-order valence-corrected chi connectivity index (χ3v) is 8.16. The van der Waals surface area contributed by atoms with E-state index in [2.05, 4.69) is 10.3 Å². The van der Waals surface area contributed by atoms with Gasteiger partial charge in [0.1, 0.15) is 6.61 Å². The maximum absolute atomic E-state index is 13.7. The van der Waals surface area contributed by atoms with Crippen molar-refractivity contribution in [1.29, 1.82) is 0 Å². The van der Waals surface area contributed by atoms with E-state index in [1.807, 2.05) is 60.7 Å². The highest BCUT2D eigenvalue weighted by Gasteiger charge is 2.35. The number of hydrogen-bond acceptors (Lipinski definition) is 6. The molecule has 2 aromatic carbocycles. The normalized spacial score (nSPS) is 18.0. The molecule has 1 N–H and O–H groups in total. The van der Waals surface area contributed by atoms with Gasteiger partial charge in [-0.2, -0.15) is 4.31 Å². The Morgan fingerprint density at radius 2 is 1.76 bits per heavy atom. The summed E-state index contributed by atoms with van der Waals surface area (Å²) >= 11 is 0. The van der Waals surface area contributed by atoms with E-state index in [9.17, 15) is 18.0 Å². The van der Waals surface area contributed by atoms with E-state index in [0.717, 1.165) is 5.56 Å². The SMILES string of the molecule is Cn1cnc(S(=O)(=O)N2CCCN(C(=O)COCc3ccccc3)CCNC(=O)CC2c2ccccc2)c1. The lowest BCUT2D eigenvalue weighted by atomic mass is 10.0. The Morgan fingerprint density at radius 1 is 1.05 bits per heavy atom. The number of aryl methyl sites for hydroxylation is 1. The molecule has 2 heterocycles. The van der Waals surface area contributed by atoms with Gasteiger partial charge in [0.05, 0.1) is 19.0 Å². The molecule has 38 heavy (non-hydrogen) atoms. The van der Waals surface area contributed by atoms with Gasteiger partial charge in [-0.1, -0.05) is 60.7 Å². The zero-order chi connectivity index (χ0) is 27.0. The van der Waals surface area contributed by atoms with Crippen LogP contribution in [0.5, 0.6) is 0 Å². The molecule has 2 amide bonds. The fourth-order valence-electron chi connectivity index (χ4n) is 4.43. The lowest BCUT2D eigenvalue weighted by Crippen LogP contribution is -2.41. The van der Waals surface area contributed by atoms with Crippen molar-refractivity contribution in [3.8, 4) is 0 Å². The number of aromatic nitrogens is 2. The number of imidazole rings is 1. The van der Waals surface area contributed by atoms with Gasteiger partial charge in [0, 0.05) is 45.8 Å². The second-order valence-electron chi connectivity index (χ2n) is 9.19. The Morgan fingerprint density at radius 3 is 2.45 bits per heavy atom. The zero-order valence-corrected chi connectivity index (χ0v) is 22.2. The first kappa shape index (κ1) is 27.5. The maximum Gasteiger partial charge on any atom is 0.262 e. The first-order valence-corrected chi connectivity index (χ1v) is 14.0. The molecule has 1 aliphatic heterocycles. The Kier molecular flexibility index (Phi) is 9.27. The molecule has 1 aliphatic rings. The molecule has 1 unspecified atom stereocenters. The van der Waals surface area contributed by atoms with E-state index in [-0.39, 0.29) is 43.0 Å². The molecular weight excluding hydrogens is 506 g/mol. The average Bonchev–Trinajstić information content (AvgIpc) is 3.35. The summed E-state index contributed by atoms with van der Waals surface area (Å²) in [6, 6.07) is 18.0. The van der Waals surface area contributed by atoms with Gasteiger partial charge in [-0.25, -0.2) is 13.4 Å². The summed E-state index contributed by atoms with van der Waals surface area (Å²) in [7, 11) is -2.33. The monoisotopic (exact) mass is 539 g/mol. The molecule has 202 valence electrons. The van der Waals surface area contributed by atoms with Gasteiger partial charge in [-0.15, -0.1) is 0 Å². The van der Waals surface area contributed by atoms with Crippen molar-refractivity contribution in [3.63, 3.8) is 0 Å². The van der Waals surface area contributed by atoms with Crippen LogP contribution < -0.4 is 5.32 Å². The van der Waals surface area contributed by atoms with Crippen LogP contribution in [0.1, 0.15) is 30.0 Å². The topological polar surface area (TPSA) is 114 Å². The number of amides is 2. The minimum Gasteiger partial charge on any atom is -0.367 e. The maximum atomic E-state index is 13.7. The van der Waals surface area contributed by atoms with Crippen molar-refractivity contribution in [1.82, 2.24) is 24.1 Å². The summed E-state index contributed by atoms with van der Waals surface area (Å²) in [4.78, 5) is 31.6. The second kappa shape index (κ2) is 12.8. The zero-order valence-electron chi connectivity index (χ0n) is 21.4. The van der Waals surface area contributed by atoms with E-state index in [1.54, 1.807) is 16.5 Å². The summed E-state index contributed by atoms with van der Waals surface area (Å²) in [5.41, 5.74) is 1.68. The van der Waals surface area contributed by atoms with Crippen LogP contribution in [-0.4, -0.2) is 71.8 Å². The molecule has 1 saturated heterocycles. The number of benzene rings is 2. The number of nitrogens with one attached hydrogen (secondary N) is 1. The second-order valence-corrected chi connectivity index (χ2v) is 11.0. The van der Waals surface area contributed by atoms with Gasteiger partial charge in [0.15, 0.2) is 5.03 Å². The molecule has 0 saturated carbocycles. The lowest BCUT2D eigenvalue weighted by molar-refractivity contribution is -0.137. The van der Waals surface area contributed by atoms with Crippen LogP contribution >= 0.6 is 0 Å². The highest BCUT2D eigenvalue weighted by Crippen LogP contribution is 2.30. The number of hydrogen-bond donors (Lipinski definition) is 1. The standard InChI is InChI=1S/C27H33N5O5S/c1-30-18-26(29-21-30)38(35,36)32-15-8-14-31(27(34)20-37-19-22-9-4-2-5-10-22)16-13-28-25(33)17-24(32)23-11-6-3-7-12-23/h2-7,9-12,18,21,24H,8,13-17,19-20H2,1H3,(H,28,33). The molecule has 4 rings (SSSR count). The Labute approximate surface area is 223 Å². The average molecular weight is 540 g/mol. The first-order chi connectivity index (χ1) is 18.3. The van der Waals surface area contributed by atoms with Gasteiger partial charge in [0.25, 0.3) is 10.0 Å². The number of carbonyl (C=O) groups excluding carboxylic acids is 2. The van der Waals surface area contributed by atoms with Crippen molar-refractivity contribution in [2.75, 3.05) is 32.8 Å². The molecule has 1 fully saturated rings. The predicted octanol–water partition coefficient (Wildman–Crippen LogP) is 2.11. The molecule has 1 atom stereocenters. The molecule has 10 nitrogen and oxygen atoms in total. The van der Waals surface area contributed by atoms with Crippen molar-refractivity contribution >= 4 is 21.8 Å². The Hall–Kier alpha value is -3.54. The molecule has 0 radical (unpaired) electrons. The minimum absolute atomic E-state index is 0.0514. The van der Waals surface area contributed by atoms with Gasteiger partial charge in [-0.3, -0.25) is 9.59 Å². The van der Waals surface area contributed by atoms with Crippen LogP contribution in [0.3, 0.4) is 0 Å². The number of rotatable bonds is 7. The van der Waals surface area contributed by atoms with Crippen molar-refractivity contribution in [3.05, 3.63) is 84.3 Å². The Balaban J connectivity index is 1.53. The fraction of sp³-hybridized carbons (Fsp3) is 0.370. The number of ether oxygens (including phenoxy) is 1. The fourth-order valence-corrected chi connectivity index (χ4v) is 6.05. The van der Waals surface area contributed by atoms with Crippen LogP contribution in [0.15, 0.2) is 78.2 Å². The van der Waals surface area contributed by atoms with E-state index in [1.165, 1.54) is 16.8 Å². The molecule has 0 bridgehead atoms. The highest BCUT2D eigenvalue weighted by molar-refractivity contribution is 7.89. The lowest BCUT2D eigenvalue weighted by Gasteiger charge is -2.30. The molecule has 1 aromatic heterocycles. The summed E-state index contributed by atoms with van der Waals surface area (Å²) in [6.07, 6.45) is 3.21. The van der Waals surface area contributed by atoms with Crippen molar-refractivity contribution < 1.29 is 22.7 Å². The van der Waals surface area contributed by atoms with Crippen molar-refractivity contribution in [2.24, 2.45) is 7.05 Å².